The summed E-state index contributed by atoms with van der Waals surface area (Å²) in [7, 11) is 1.58. The zero-order valence-corrected chi connectivity index (χ0v) is 11.6. The Hall–Kier alpha value is -2.02. The molecule has 0 aliphatic heterocycles. The number of hydrogen-bond donors (Lipinski definition) is 1. The van der Waals surface area contributed by atoms with Crippen LogP contribution in [-0.2, 0) is 4.79 Å². The molecular formula is C15H20N2O2. The molecule has 0 fully saturated rings. The molecule has 4 heteroatoms. The molecule has 19 heavy (non-hydrogen) atoms. The van der Waals surface area contributed by atoms with Crippen molar-refractivity contribution in [1.82, 2.24) is 0 Å². The summed E-state index contributed by atoms with van der Waals surface area (Å²) < 4.78 is 5.09. The molecule has 1 aromatic rings. The van der Waals surface area contributed by atoms with E-state index in [1.165, 1.54) is 0 Å². The minimum absolute atomic E-state index is 0.0731. The Bertz CT molecular complexity index is 463. The van der Waals surface area contributed by atoms with Crippen molar-refractivity contribution < 1.29 is 9.53 Å². The van der Waals surface area contributed by atoms with Gasteiger partial charge in [-0.05, 0) is 24.5 Å². The predicted octanol–water partition coefficient (Wildman–Crippen LogP) is 3.21. The van der Waals surface area contributed by atoms with Crippen molar-refractivity contribution in [1.29, 1.82) is 5.26 Å². The summed E-state index contributed by atoms with van der Waals surface area (Å²) >= 11 is 0. The van der Waals surface area contributed by atoms with E-state index in [-0.39, 0.29) is 17.7 Å². The molecule has 0 aliphatic carbocycles. The van der Waals surface area contributed by atoms with Gasteiger partial charge in [0.2, 0.25) is 5.91 Å². The molecule has 0 saturated heterocycles. The maximum atomic E-state index is 11.8. The van der Waals surface area contributed by atoms with Gasteiger partial charge in [0.25, 0.3) is 0 Å². The van der Waals surface area contributed by atoms with Gasteiger partial charge >= 0.3 is 0 Å². The fraction of sp³-hybridized carbons (Fsp3) is 0.467. The van der Waals surface area contributed by atoms with Gasteiger partial charge in [-0.1, -0.05) is 19.9 Å². The lowest BCUT2D eigenvalue weighted by atomic mass is 9.92. The summed E-state index contributed by atoms with van der Waals surface area (Å²) in [6.45, 7) is 3.99. The van der Waals surface area contributed by atoms with Crippen molar-refractivity contribution in [2.75, 3.05) is 12.4 Å². The molecule has 0 saturated carbocycles. The van der Waals surface area contributed by atoms with E-state index in [2.05, 4.69) is 11.4 Å². The summed E-state index contributed by atoms with van der Waals surface area (Å²) in [6, 6.07) is 9.45. The highest BCUT2D eigenvalue weighted by Crippen LogP contribution is 2.19. The van der Waals surface area contributed by atoms with Crippen molar-refractivity contribution in [3.63, 3.8) is 0 Å². The summed E-state index contributed by atoms with van der Waals surface area (Å²) in [5.41, 5.74) is 0.711. The van der Waals surface area contributed by atoms with Crippen LogP contribution >= 0.6 is 0 Å². The first-order chi connectivity index (χ1) is 9.06. The number of benzene rings is 1. The number of nitriles is 1. The minimum Gasteiger partial charge on any atom is -0.497 e. The number of carbonyl (C=O) groups is 1. The second-order valence-corrected chi connectivity index (χ2v) is 4.80. The zero-order valence-electron chi connectivity index (χ0n) is 11.6. The van der Waals surface area contributed by atoms with Crippen LogP contribution in [0.3, 0.4) is 0 Å². The van der Waals surface area contributed by atoms with Crippen LogP contribution < -0.4 is 10.1 Å². The number of amides is 1. The molecule has 1 atom stereocenters. The van der Waals surface area contributed by atoms with Crippen LogP contribution in [0.2, 0.25) is 0 Å². The molecule has 102 valence electrons. The second-order valence-electron chi connectivity index (χ2n) is 4.80. The van der Waals surface area contributed by atoms with Gasteiger partial charge in [-0.25, -0.2) is 0 Å². The highest BCUT2D eigenvalue weighted by Gasteiger charge is 2.14. The van der Waals surface area contributed by atoms with E-state index in [0.717, 1.165) is 0 Å². The molecule has 0 aromatic heterocycles. The Morgan fingerprint density at radius 2 is 2.21 bits per heavy atom. The van der Waals surface area contributed by atoms with Crippen LogP contribution in [0.25, 0.3) is 0 Å². The fourth-order valence-corrected chi connectivity index (χ4v) is 1.76. The molecule has 0 spiro atoms. The number of hydrogen-bond acceptors (Lipinski definition) is 3. The topological polar surface area (TPSA) is 62.1 Å². The molecule has 0 aliphatic rings. The molecule has 0 bridgehead atoms. The zero-order chi connectivity index (χ0) is 14.3. The van der Waals surface area contributed by atoms with Crippen molar-refractivity contribution in [2.24, 2.45) is 11.8 Å². The van der Waals surface area contributed by atoms with Gasteiger partial charge in [-0.15, -0.1) is 0 Å². The van der Waals surface area contributed by atoms with Gasteiger partial charge in [-0.3, -0.25) is 4.79 Å². The summed E-state index contributed by atoms with van der Waals surface area (Å²) in [5.74, 6) is 0.828. The maximum absolute atomic E-state index is 11.8. The smallest absolute Gasteiger partial charge is 0.224 e. The third-order valence-corrected chi connectivity index (χ3v) is 3.01. The Morgan fingerprint density at radius 3 is 2.79 bits per heavy atom. The maximum Gasteiger partial charge on any atom is 0.224 e. The van der Waals surface area contributed by atoms with E-state index in [1.807, 2.05) is 32.0 Å². The Balaban J connectivity index is 2.49. The third-order valence-electron chi connectivity index (χ3n) is 3.01. The number of anilines is 1. The number of carbonyl (C=O) groups excluding carboxylic acids is 1. The van der Waals surface area contributed by atoms with E-state index in [9.17, 15) is 4.79 Å². The van der Waals surface area contributed by atoms with Crippen molar-refractivity contribution in [3.05, 3.63) is 24.3 Å². The molecule has 1 rings (SSSR count). The van der Waals surface area contributed by atoms with Gasteiger partial charge in [-0.2, -0.15) is 5.26 Å². The molecule has 1 amide bonds. The number of methoxy groups -OCH3 is 1. The van der Waals surface area contributed by atoms with Crippen LogP contribution in [0, 0.1) is 23.2 Å². The lowest BCUT2D eigenvalue weighted by molar-refractivity contribution is -0.116. The van der Waals surface area contributed by atoms with E-state index in [0.29, 0.717) is 24.3 Å². The van der Waals surface area contributed by atoms with E-state index in [4.69, 9.17) is 10.00 Å². The van der Waals surface area contributed by atoms with Crippen molar-refractivity contribution >= 4 is 11.6 Å². The van der Waals surface area contributed by atoms with E-state index >= 15 is 0 Å². The van der Waals surface area contributed by atoms with Crippen LogP contribution in [0.4, 0.5) is 5.69 Å². The van der Waals surface area contributed by atoms with Gasteiger partial charge in [0.05, 0.1) is 13.2 Å². The SMILES string of the molecule is COc1cccc(NC(=O)CCC(C#N)C(C)C)c1. The fourth-order valence-electron chi connectivity index (χ4n) is 1.76. The molecule has 0 heterocycles. The minimum atomic E-state index is -0.0749. The van der Waals surface area contributed by atoms with Gasteiger partial charge in [0, 0.05) is 24.1 Å². The monoisotopic (exact) mass is 260 g/mol. The lowest BCUT2D eigenvalue weighted by Crippen LogP contribution is -2.15. The Labute approximate surface area is 114 Å². The Morgan fingerprint density at radius 1 is 1.47 bits per heavy atom. The highest BCUT2D eigenvalue weighted by molar-refractivity contribution is 5.90. The first-order valence-corrected chi connectivity index (χ1v) is 6.40. The van der Waals surface area contributed by atoms with Crippen LogP contribution in [0.1, 0.15) is 26.7 Å². The standard InChI is InChI=1S/C15H20N2O2/c1-11(2)12(10-16)7-8-15(18)17-13-5-4-6-14(9-13)19-3/h4-6,9,11-12H,7-8H2,1-3H3,(H,17,18). The largest absolute Gasteiger partial charge is 0.497 e. The van der Waals surface area contributed by atoms with Crippen molar-refractivity contribution in [2.45, 2.75) is 26.7 Å². The normalized spacial score (nSPS) is 11.7. The van der Waals surface area contributed by atoms with E-state index < -0.39 is 0 Å². The van der Waals surface area contributed by atoms with Crippen LogP contribution in [0.5, 0.6) is 5.75 Å². The Kier molecular flexibility index (Phi) is 5.87. The quantitative estimate of drug-likeness (QED) is 0.854. The summed E-state index contributed by atoms with van der Waals surface area (Å²) in [4.78, 5) is 11.8. The first kappa shape index (κ1) is 15.0. The van der Waals surface area contributed by atoms with Gasteiger partial charge in [0.1, 0.15) is 5.75 Å². The van der Waals surface area contributed by atoms with E-state index in [1.54, 1.807) is 13.2 Å². The average molecular weight is 260 g/mol. The van der Waals surface area contributed by atoms with Crippen LogP contribution in [-0.4, -0.2) is 13.0 Å². The summed E-state index contributed by atoms with van der Waals surface area (Å²) in [5, 5.41) is 11.8. The molecule has 1 aromatic carbocycles. The molecule has 1 unspecified atom stereocenters. The number of rotatable bonds is 6. The molecule has 1 N–H and O–H groups in total. The average Bonchev–Trinajstić information content (AvgIpc) is 2.39. The highest BCUT2D eigenvalue weighted by atomic mass is 16.5. The number of nitrogens with one attached hydrogen (secondary N) is 1. The second kappa shape index (κ2) is 7.42. The van der Waals surface area contributed by atoms with Crippen LogP contribution in [0.15, 0.2) is 24.3 Å². The van der Waals surface area contributed by atoms with Gasteiger partial charge in [0.15, 0.2) is 0 Å². The molecular weight excluding hydrogens is 240 g/mol. The van der Waals surface area contributed by atoms with Gasteiger partial charge < -0.3 is 10.1 Å². The molecule has 4 nitrogen and oxygen atoms in total. The number of ether oxygens (including phenoxy) is 1. The van der Waals surface area contributed by atoms with Crippen molar-refractivity contribution in [3.8, 4) is 11.8 Å². The summed E-state index contributed by atoms with van der Waals surface area (Å²) in [6.07, 6.45) is 0.942. The number of nitrogens with zero attached hydrogens (tertiary/aromatic N) is 1. The lowest BCUT2D eigenvalue weighted by Gasteiger charge is -2.12. The first-order valence-electron chi connectivity index (χ1n) is 6.40. The predicted molar refractivity (Wildman–Crippen MR) is 74.8 cm³/mol. The molecule has 0 radical (unpaired) electrons. The third kappa shape index (κ3) is 5.01.